The Bertz CT molecular complexity index is 185. The number of hydrogen-bond acceptors (Lipinski definition) is 2. The third kappa shape index (κ3) is 4.33. The Morgan fingerprint density at radius 1 is 1.20 bits per heavy atom. The second-order valence-corrected chi connectivity index (χ2v) is 7.68. The van der Waals surface area contributed by atoms with Gasteiger partial charge in [-0.15, -0.1) is 4.72 Å². The molecular formula is C12H25NOS. The van der Waals surface area contributed by atoms with E-state index in [1.54, 1.807) is 0 Å². The van der Waals surface area contributed by atoms with Crippen molar-refractivity contribution < 1.29 is 4.55 Å². The summed E-state index contributed by atoms with van der Waals surface area (Å²) < 4.78 is 15.0. The number of hydrogen-bond donors (Lipinski definition) is 1. The minimum atomic E-state index is -0.919. The van der Waals surface area contributed by atoms with Crippen LogP contribution in [-0.4, -0.2) is 15.3 Å². The molecule has 0 saturated heterocycles. The molecule has 0 aliphatic heterocycles. The third-order valence-electron chi connectivity index (χ3n) is 3.21. The summed E-state index contributed by atoms with van der Waals surface area (Å²) >= 11 is -0.919. The Hall–Kier alpha value is 0.270. The Morgan fingerprint density at radius 2 is 1.73 bits per heavy atom. The van der Waals surface area contributed by atoms with Crippen LogP contribution in [0.3, 0.4) is 0 Å². The molecule has 1 fully saturated rings. The predicted molar refractivity (Wildman–Crippen MR) is 67.1 cm³/mol. The van der Waals surface area contributed by atoms with Crippen molar-refractivity contribution >= 4 is 11.4 Å². The van der Waals surface area contributed by atoms with Gasteiger partial charge in [0.2, 0.25) is 0 Å². The summed E-state index contributed by atoms with van der Waals surface area (Å²) in [5.41, 5.74) is 0. The monoisotopic (exact) mass is 231 g/mol. The topological polar surface area (TPSA) is 35.1 Å². The lowest BCUT2D eigenvalue weighted by Crippen LogP contribution is -2.46. The molecule has 1 saturated carbocycles. The minimum Gasteiger partial charge on any atom is -0.598 e. The lowest BCUT2D eigenvalue weighted by Gasteiger charge is -2.32. The van der Waals surface area contributed by atoms with E-state index in [1.165, 1.54) is 32.1 Å². The zero-order valence-electron chi connectivity index (χ0n) is 10.5. The summed E-state index contributed by atoms with van der Waals surface area (Å²) in [5, 5.41) is 0. The maximum absolute atomic E-state index is 11.9. The van der Waals surface area contributed by atoms with Crippen LogP contribution in [0.15, 0.2) is 0 Å². The van der Waals surface area contributed by atoms with Gasteiger partial charge in [0.1, 0.15) is 4.75 Å². The molecule has 1 aliphatic carbocycles. The number of rotatable bonds is 3. The molecule has 0 amide bonds. The first-order valence-electron chi connectivity index (χ1n) is 6.09. The molecule has 0 aromatic heterocycles. The zero-order chi connectivity index (χ0) is 11.5. The van der Waals surface area contributed by atoms with Gasteiger partial charge in [-0.05, 0) is 46.5 Å². The van der Waals surface area contributed by atoms with Crippen LogP contribution in [0.1, 0.15) is 59.8 Å². The van der Waals surface area contributed by atoms with Gasteiger partial charge in [-0.2, -0.15) is 0 Å². The Morgan fingerprint density at radius 3 is 2.20 bits per heavy atom. The van der Waals surface area contributed by atoms with E-state index in [1.807, 2.05) is 20.8 Å². The van der Waals surface area contributed by atoms with Crippen LogP contribution in [0.5, 0.6) is 0 Å². The van der Waals surface area contributed by atoms with E-state index >= 15 is 0 Å². The van der Waals surface area contributed by atoms with Gasteiger partial charge in [0, 0.05) is 11.4 Å². The van der Waals surface area contributed by atoms with Gasteiger partial charge in [0.15, 0.2) is 0 Å². The van der Waals surface area contributed by atoms with E-state index < -0.39 is 11.4 Å². The highest BCUT2D eigenvalue weighted by atomic mass is 32.2. The Balaban J connectivity index is 2.36. The smallest absolute Gasteiger partial charge is 0.136 e. The van der Waals surface area contributed by atoms with Crippen molar-refractivity contribution in [2.75, 3.05) is 0 Å². The van der Waals surface area contributed by atoms with Crippen LogP contribution >= 0.6 is 0 Å². The molecule has 0 bridgehead atoms. The fourth-order valence-corrected chi connectivity index (χ4v) is 2.96. The molecule has 0 aromatic carbocycles. The largest absolute Gasteiger partial charge is 0.598 e. The van der Waals surface area contributed by atoms with Crippen LogP contribution in [0.4, 0.5) is 0 Å². The van der Waals surface area contributed by atoms with Gasteiger partial charge in [0.25, 0.3) is 0 Å². The van der Waals surface area contributed by atoms with Crippen molar-refractivity contribution in [3.63, 3.8) is 0 Å². The SMILES string of the molecule is C[C@@H](N[S+]([O-])C(C)(C)C)C1CCCCC1. The molecular weight excluding hydrogens is 206 g/mol. The highest BCUT2D eigenvalue weighted by molar-refractivity contribution is 7.90. The second kappa shape index (κ2) is 5.55. The standard InChI is InChI=1S/C12H25NOS/c1-10(11-8-6-5-7-9-11)13-15(14)12(2,3)4/h10-11,13H,5-9H2,1-4H3/t10-,15?/m1/s1. The second-order valence-electron chi connectivity index (χ2n) is 5.69. The first-order chi connectivity index (χ1) is 6.91. The molecule has 1 rings (SSSR count). The summed E-state index contributed by atoms with van der Waals surface area (Å²) in [5.74, 6) is 0.727. The van der Waals surface area contributed by atoms with Crippen LogP contribution in [0.25, 0.3) is 0 Å². The van der Waals surface area contributed by atoms with Crippen LogP contribution in [0.2, 0.25) is 0 Å². The molecule has 3 heteroatoms. The average Bonchev–Trinajstić information content (AvgIpc) is 2.17. The summed E-state index contributed by atoms with van der Waals surface area (Å²) in [6, 6.07) is 0.394. The fraction of sp³-hybridized carbons (Fsp3) is 1.00. The lowest BCUT2D eigenvalue weighted by atomic mass is 9.85. The van der Waals surface area contributed by atoms with Crippen LogP contribution in [-0.2, 0) is 11.4 Å². The van der Waals surface area contributed by atoms with E-state index in [9.17, 15) is 4.55 Å². The van der Waals surface area contributed by atoms with Gasteiger partial charge in [0.05, 0.1) is 6.04 Å². The van der Waals surface area contributed by atoms with Crippen LogP contribution in [0, 0.1) is 5.92 Å². The highest BCUT2D eigenvalue weighted by Gasteiger charge is 2.30. The average molecular weight is 231 g/mol. The van der Waals surface area contributed by atoms with E-state index in [4.69, 9.17) is 0 Å². The highest BCUT2D eigenvalue weighted by Crippen LogP contribution is 2.27. The molecule has 0 aromatic rings. The maximum atomic E-state index is 11.9. The van der Waals surface area contributed by atoms with Crippen LogP contribution < -0.4 is 4.72 Å². The quantitative estimate of drug-likeness (QED) is 0.758. The zero-order valence-corrected chi connectivity index (χ0v) is 11.3. The van der Waals surface area contributed by atoms with Crippen molar-refractivity contribution in [3.8, 4) is 0 Å². The van der Waals surface area contributed by atoms with Gasteiger partial charge in [-0.1, -0.05) is 19.3 Å². The molecule has 1 N–H and O–H groups in total. The third-order valence-corrected chi connectivity index (χ3v) is 4.90. The van der Waals surface area contributed by atoms with Crippen molar-refractivity contribution in [2.24, 2.45) is 5.92 Å². The fourth-order valence-electron chi connectivity index (χ4n) is 2.08. The summed E-state index contributed by atoms with van der Waals surface area (Å²) in [6.07, 6.45) is 6.67. The molecule has 1 aliphatic rings. The molecule has 2 nitrogen and oxygen atoms in total. The summed E-state index contributed by atoms with van der Waals surface area (Å²) in [7, 11) is 0. The lowest BCUT2D eigenvalue weighted by molar-refractivity contribution is 0.301. The van der Waals surface area contributed by atoms with Gasteiger partial charge < -0.3 is 4.55 Å². The molecule has 15 heavy (non-hydrogen) atoms. The summed E-state index contributed by atoms with van der Waals surface area (Å²) in [4.78, 5) is 0. The van der Waals surface area contributed by atoms with E-state index in [0.29, 0.717) is 6.04 Å². The molecule has 90 valence electrons. The first-order valence-corrected chi connectivity index (χ1v) is 7.24. The Labute approximate surface area is 97.5 Å². The normalized spacial score (nSPS) is 23.8. The molecule has 0 radical (unpaired) electrons. The summed E-state index contributed by atoms with van der Waals surface area (Å²) in [6.45, 7) is 8.23. The van der Waals surface area contributed by atoms with Gasteiger partial charge in [-0.3, -0.25) is 0 Å². The van der Waals surface area contributed by atoms with Gasteiger partial charge >= 0.3 is 0 Å². The van der Waals surface area contributed by atoms with E-state index in [0.717, 1.165) is 5.92 Å². The molecule has 0 spiro atoms. The van der Waals surface area contributed by atoms with Gasteiger partial charge in [-0.25, -0.2) is 0 Å². The molecule has 0 heterocycles. The van der Waals surface area contributed by atoms with Crippen molar-refractivity contribution in [2.45, 2.75) is 70.6 Å². The van der Waals surface area contributed by atoms with Crippen molar-refractivity contribution in [1.82, 2.24) is 4.72 Å². The van der Waals surface area contributed by atoms with E-state index in [2.05, 4.69) is 11.6 Å². The minimum absolute atomic E-state index is 0.150. The first kappa shape index (κ1) is 13.3. The number of nitrogens with one attached hydrogen (secondary N) is 1. The molecule has 2 atom stereocenters. The predicted octanol–water partition coefficient (Wildman–Crippen LogP) is 3.01. The Kier molecular flexibility index (Phi) is 4.94. The van der Waals surface area contributed by atoms with E-state index in [-0.39, 0.29) is 4.75 Å². The van der Waals surface area contributed by atoms with Crippen molar-refractivity contribution in [1.29, 1.82) is 0 Å². The van der Waals surface area contributed by atoms with Crippen molar-refractivity contribution in [3.05, 3.63) is 0 Å². The molecule has 1 unspecified atom stereocenters. The maximum Gasteiger partial charge on any atom is 0.136 e.